The summed E-state index contributed by atoms with van der Waals surface area (Å²) in [7, 11) is 0. The van der Waals surface area contributed by atoms with Crippen molar-refractivity contribution in [2.24, 2.45) is 5.73 Å². The normalized spacial score (nSPS) is 13.9. The summed E-state index contributed by atoms with van der Waals surface area (Å²) in [6.45, 7) is 1.49. The Morgan fingerprint density at radius 1 is 1.24 bits per heavy atom. The average molecular weight is 302 g/mol. The first-order valence-corrected chi connectivity index (χ1v) is 7.14. The molecule has 0 bridgehead atoms. The van der Waals surface area contributed by atoms with E-state index in [1.807, 2.05) is 18.2 Å². The predicted octanol–water partition coefficient (Wildman–Crippen LogP) is 2.58. The second kappa shape index (κ2) is 5.30. The Morgan fingerprint density at radius 3 is 2.81 bits per heavy atom. The molecule has 0 spiro atoms. The number of anilines is 2. The highest BCUT2D eigenvalue weighted by Gasteiger charge is 2.21. The first kappa shape index (κ1) is 13.8. The van der Waals surface area contributed by atoms with Crippen LogP contribution in [0.15, 0.2) is 36.4 Å². The van der Waals surface area contributed by atoms with Gasteiger partial charge in [0.05, 0.1) is 5.56 Å². The number of hydrogen-bond acceptors (Lipinski definition) is 3. The highest BCUT2D eigenvalue weighted by Crippen LogP contribution is 2.31. The summed E-state index contributed by atoms with van der Waals surface area (Å²) >= 11 is 5.96. The molecule has 1 aliphatic heterocycles. The number of nitrogen functional groups attached to an aromatic ring is 1. The summed E-state index contributed by atoms with van der Waals surface area (Å²) < 4.78 is 0. The fourth-order valence-electron chi connectivity index (χ4n) is 2.79. The van der Waals surface area contributed by atoms with Crippen LogP contribution in [-0.4, -0.2) is 12.5 Å². The van der Waals surface area contributed by atoms with E-state index in [1.54, 1.807) is 12.1 Å². The van der Waals surface area contributed by atoms with Gasteiger partial charge in [-0.3, -0.25) is 4.79 Å². The molecule has 0 saturated carbocycles. The third-order valence-corrected chi connectivity index (χ3v) is 4.11. The quantitative estimate of drug-likeness (QED) is 0.837. The number of nitrogens with zero attached hydrogens (tertiary/aromatic N) is 1. The molecular formula is C16H16ClN3O. The molecule has 0 aliphatic carbocycles. The number of rotatable bonds is 2. The Bertz CT molecular complexity index is 715. The Morgan fingerprint density at radius 2 is 2.05 bits per heavy atom. The molecule has 1 aliphatic rings. The molecule has 0 aromatic heterocycles. The monoisotopic (exact) mass is 301 g/mol. The number of amides is 1. The molecule has 5 heteroatoms. The van der Waals surface area contributed by atoms with Crippen LogP contribution in [0, 0.1) is 0 Å². The third-order valence-electron chi connectivity index (χ3n) is 3.87. The lowest BCUT2D eigenvalue weighted by Gasteiger charge is -2.32. The Hall–Kier alpha value is -2.20. The molecule has 0 atom stereocenters. The minimum Gasteiger partial charge on any atom is -0.398 e. The van der Waals surface area contributed by atoms with Gasteiger partial charge in [0.15, 0.2) is 0 Å². The van der Waals surface area contributed by atoms with E-state index in [4.69, 9.17) is 23.1 Å². The minimum atomic E-state index is -0.473. The summed E-state index contributed by atoms with van der Waals surface area (Å²) in [5.74, 6) is -0.473. The second-order valence-corrected chi connectivity index (χ2v) is 5.62. The van der Waals surface area contributed by atoms with E-state index < -0.39 is 5.91 Å². The van der Waals surface area contributed by atoms with Gasteiger partial charge in [-0.15, -0.1) is 0 Å². The van der Waals surface area contributed by atoms with Crippen molar-refractivity contribution < 1.29 is 4.79 Å². The Balaban J connectivity index is 2.00. The smallest absolute Gasteiger partial charge is 0.250 e. The van der Waals surface area contributed by atoms with Gasteiger partial charge in [-0.05, 0) is 41.8 Å². The SMILES string of the molecule is NC(=O)c1cc(Cl)ccc1N1CCc2cccc(N)c2C1. The maximum absolute atomic E-state index is 11.6. The molecule has 2 aromatic rings. The van der Waals surface area contributed by atoms with Gasteiger partial charge >= 0.3 is 0 Å². The highest BCUT2D eigenvalue weighted by atomic mass is 35.5. The van der Waals surface area contributed by atoms with Crippen molar-refractivity contribution in [1.29, 1.82) is 0 Å². The summed E-state index contributed by atoms with van der Waals surface area (Å²) in [5.41, 5.74) is 15.9. The van der Waals surface area contributed by atoms with Crippen molar-refractivity contribution in [2.45, 2.75) is 13.0 Å². The first-order valence-electron chi connectivity index (χ1n) is 6.77. The van der Waals surface area contributed by atoms with Crippen LogP contribution < -0.4 is 16.4 Å². The van der Waals surface area contributed by atoms with E-state index in [9.17, 15) is 4.79 Å². The van der Waals surface area contributed by atoms with Crippen LogP contribution in [-0.2, 0) is 13.0 Å². The molecule has 108 valence electrons. The second-order valence-electron chi connectivity index (χ2n) is 5.18. The fourth-order valence-corrected chi connectivity index (χ4v) is 2.97. The van der Waals surface area contributed by atoms with Gasteiger partial charge < -0.3 is 16.4 Å². The van der Waals surface area contributed by atoms with Crippen molar-refractivity contribution in [3.63, 3.8) is 0 Å². The number of halogens is 1. The lowest BCUT2D eigenvalue weighted by atomic mass is 9.97. The highest BCUT2D eigenvalue weighted by molar-refractivity contribution is 6.31. The van der Waals surface area contributed by atoms with Gasteiger partial charge in [0.2, 0.25) is 0 Å². The van der Waals surface area contributed by atoms with Crippen LogP contribution in [0.25, 0.3) is 0 Å². The maximum atomic E-state index is 11.6. The van der Waals surface area contributed by atoms with Gasteiger partial charge in [0.1, 0.15) is 0 Å². The third kappa shape index (κ3) is 2.54. The van der Waals surface area contributed by atoms with Crippen molar-refractivity contribution in [3.05, 3.63) is 58.1 Å². The standard InChI is InChI=1S/C16H16ClN3O/c17-11-4-5-15(12(8-11)16(19)21)20-7-6-10-2-1-3-14(18)13(10)9-20/h1-5,8H,6-7,9,18H2,(H2,19,21). The first-order chi connectivity index (χ1) is 10.1. The molecule has 4 N–H and O–H groups in total. The van der Waals surface area contributed by atoms with Gasteiger partial charge in [0.25, 0.3) is 5.91 Å². The number of hydrogen-bond donors (Lipinski definition) is 2. The molecule has 2 aromatic carbocycles. The van der Waals surface area contributed by atoms with E-state index in [0.29, 0.717) is 17.1 Å². The molecule has 1 amide bonds. The molecule has 0 saturated heterocycles. The lowest BCUT2D eigenvalue weighted by molar-refractivity contribution is 0.100. The number of primary amides is 1. The number of benzene rings is 2. The zero-order valence-electron chi connectivity index (χ0n) is 11.5. The zero-order chi connectivity index (χ0) is 15.0. The maximum Gasteiger partial charge on any atom is 0.250 e. The topological polar surface area (TPSA) is 72.4 Å². The molecule has 21 heavy (non-hydrogen) atoms. The molecule has 4 nitrogen and oxygen atoms in total. The van der Waals surface area contributed by atoms with Gasteiger partial charge in [-0.25, -0.2) is 0 Å². The van der Waals surface area contributed by atoms with Crippen LogP contribution >= 0.6 is 11.6 Å². The number of fused-ring (bicyclic) bond motifs is 1. The molecular weight excluding hydrogens is 286 g/mol. The van der Waals surface area contributed by atoms with Crippen LogP contribution in [0.4, 0.5) is 11.4 Å². The van der Waals surface area contributed by atoms with Crippen LogP contribution in [0.2, 0.25) is 5.02 Å². The fraction of sp³-hybridized carbons (Fsp3) is 0.188. The molecule has 0 unspecified atom stereocenters. The van der Waals surface area contributed by atoms with Crippen molar-refractivity contribution in [3.8, 4) is 0 Å². The minimum absolute atomic E-state index is 0.445. The number of nitrogens with two attached hydrogens (primary N) is 2. The Labute approximate surface area is 128 Å². The van der Waals surface area contributed by atoms with E-state index in [1.165, 1.54) is 5.56 Å². The van der Waals surface area contributed by atoms with Crippen LogP contribution in [0.5, 0.6) is 0 Å². The van der Waals surface area contributed by atoms with E-state index in [2.05, 4.69) is 11.0 Å². The number of carbonyl (C=O) groups excluding carboxylic acids is 1. The van der Waals surface area contributed by atoms with Crippen LogP contribution in [0.3, 0.4) is 0 Å². The van der Waals surface area contributed by atoms with Gasteiger partial charge in [0, 0.05) is 29.5 Å². The molecule has 1 heterocycles. The van der Waals surface area contributed by atoms with Gasteiger partial charge in [-0.1, -0.05) is 23.7 Å². The zero-order valence-corrected chi connectivity index (χ0v) is 12.2. The summed E-state index contributed by atoms with van der Waals surface area (Å²) in [6, 6.07) is 11.2. The molecule has 3 rings (SSSR count). The lowest BCUT2D eigenvalue weighted by Crippen LogP contribution is -2.32. The van der Waals surface area contributed by atoms with E-state index in [-0.39, 0.29) is 0 Å². The van der Waals surface area contributed by atoms with Crippen molar-refractivity contribution >= 4 is 28.9 Å². The predicted molar refractivity (Wildman–Crippen MR) is 85.6 cm³/mol. The van der Waals surface area contributed by atoms with Crippen molar-refractivity contribution in [2.75, 3.05) is 17.2 Å². The average Bonchev–Trinajstić information content (AvgIpc) is 2.47. The van der Waals surface area contributed by atoms with Gasteiger partial charge in [-0.2, -0.15) is 0 Å². The van der Waals surface area contributed by atoms with E-state index >= 15 is 0 Å². The summed E-state index contributed by atoms with van der Waals surface area (Å²) in [5, 5.41) is 0.504. The molecule has 0 fully saturated rings. The summed E-state index contributed by atoms with van der Waals surface area (Å²) in [6.07, 6.45) is 0.890. The largest absolute Gasteiger partial charge is 0.398 e. The van der Waals surface area contributed by atoms with Crippen molar-refractivity contribution in [1.82, 2.24) is 0 Å². The summed E-state index contributed by atoms with van der Waals surface area (Å²) in [4.78, 5) is 13.8. The van der Waals surface area contributed by atoms with Crippen LogP contribution in [0.1, 0.15) is 21.5 Å². The van der Waals surface area contributed by atoms with E-state index in [0.717, 1.165) is 29.9 Å². The molecule has 0 radical (unpaired) electrons. The Kier molecular flexibility index (Phi) is 3.47. The number of carbonyl (C=O) groups is 1.